The van der Waals surface area contributed by atoms with Crippen molar-refractivity contribution in [3.05, 3.63) is 216 Å². The molecule has 0 aliphatic carbocycles. The van der Waals surface area contributed by atoms with Gasteiger partial charge in [-0.3, -0.25) is 0 Å². The molecule has 0 amide bonds. The van der Waals surface area contributed by atoms with Crippen LogP contribution >= 0.6 is 0 Å². The molecule has 0 N–H and O–H groups in total. The summed E-state index contributed by atoms with van der Waals surface area (Å²) in [5, 5.41) is 10.5. The van der Waals surface area contributed by atoms with Gasteiger partial charge in [-0.1, -0.05) is 184 Å². The number of aromatic nitrogens is 4. The molecule has 4 heterocycles. The van der Waals surface area contributed by atoms with Crippen molar-refractivity contribution in [1.82, 2.24) is 19.9 Å². The molecule has 0 unspecified atom stereocenters. The van der Waals surface area contributed by atoms with Crippen LogP contribution in [0.15, 0.2) is 194 Å². The molecule has 0 saturated carbocycles. The number of para-hydroxylation sites is 8. The average Bonchev–Trinajstić information content (AvgIpc) is 3.41. The summed E-state index contributed by atoms with van der Waals surface area (Å²) in [6.45, 7) is 0. The molecule has 0 aliphatic heterocycles. The van der Waals surface area contributed by atoms with Crippen molar-refractivity contribution in [2.45, 2.75) is 89.9 Å². The fourth-order valence-electron chi connectivity index (χ4n) is 11.1. The summed E-state index contributed by atoms with van der Waals surface area (Å²) in [5.74, 6) is 0. The summed E-state index contributed by atoms with van der Waals surface area (Å²) in [4.78, 5) is 19.5. The minimum absolute atomic E-state index is 1.11. The maximum Gasteiger partial charge on any atom is 0.0712 e. The van der Waals surface area contributed by atoms with Gasteiger partial charge in [-0.05, 0) is 122 Å². The summed E-state index contributed by atoms with van der Waals surface area (Å²) in [5.41, 5.74) is 14.7. The maximum atomic E-state index is 4.87. The van der Waals surface area contributed by atoms with Gasteiger partial charge in [-0.15, -0.1) is 0 Å². The zero-order valence-electron chi connectivity index (χ0n) is 40.2. The van der Waals surface area contributed by atoms with Gasteiger partial charge in [0, 0.05) is 43.1 Å². The minimum Gasteiger partial charge on any atom is -0.248 e. The zero-order chi connectivity index (χ0) is 46.9. The van der Waals surface area contributed by atoms with Crippen LogP contribution in [0.3, 0.4) is 0 Å². The van der Waals surface area contributed by atoms with Gasteiger partial charge in [0.15, 0.2) is 0 Å². The Bertz CT molecular complexity index is 3050. The fourth-order valence-corrected chi connectivity index (χ4v) is 11.1. The summed E-state index contributed by atoms with van der Waals surface area (Å²) in [6, 6.07) is 68.7. The highest BCUT2D eigenvalue weighted by molar-refractivity contribution is 6.00. The van der Waals surface area contributed by atoms with E-state index in [1.54, 1.807) is 0 Å². The molecule has 0 bridgehead atoms. The number of unbranched alkanes of at least 4 members (excludes halogenated alkanes) is 8. The predicted molar refractivity (Wildman–Crippen MR) is 298 cm³/mol. The lowest BCUT2D eigenvalue weighted by Crippen LogP contribution is -1.95. The third-order valence-electron chi connectivity index (χ3n) is 14.5. The second-order valence-electron chi connectivity index (χ2n) is 19.0. The van der Waals surface area contributed by atoms with E-state index in [9.17, 15) is 0 Å². The van der Waals surface area contributed by atoms with Crippen LogP contribution in [0.5, 0.6) is 0 Å². The molecule has 4 heteroatoms. The zero-order valence-corrected chi connectivity index (χ0v) is 40.2. The lowest BCUT2D eigenvalue weighted by atomic mass is 9.96. The van der Waals surface area contributed by atoms with Gasteiger partial charge in [-0.2, -0.15) is 0 Å². The first kappa shape index (κ1) is 44.9. The Kier molecular flexibility index (Phi) is 13.7. The van der Waals surface area contributed by atoms with Crippen LogP contribution < -0.4 is 0 Å². The number of rotatable bonds is 16. The summed E-state index contributed by atoms with van der Waals surface area (Å²) in [7, 11) is 0. The second-order valence-corrected chi connectivity index (χ2v) is 19.0. The van der Waals surface area contributed by atoms with Crippen molar-refractivity contribution in [3.63, 3.8) is 0 Å². The van der Waals surface area contributed by atoms with E-state index in [0.29, 0.717) is 0 Å². The minimum atomic E-state index is 1.11. The van der Waals surface area contributed by atoms with Crippen molar-refractivity contribution < 1.29 is 0 Å². The Morgan fingerprint density at radius 1 is 0.171 bits per heavy atom. The van der Waals surface area contributed by atoms with Crippen LogP contribution in [0, 0.1) is 0 Å². The van der Waals surface area contributed by atoms with Gasteiger partial charge < -0.3 is 0 Å². The lowest BCUT2D eigenvalue weighted by Gasteiger charge is -2.12. The predicted octanol–water partition coefficient (Wildman–Crippen LogP) is 17.7. The molecular formula is C66H60N4. The molecular weight excluding hydrogens is 849 g/mol. The van der Waals surface area contributed by atoms with E-state index < -0.39 is 0 Å². The van der Waals surface area contributed by atoms with Crippen molar-refractivity contribution in [2.24, 2.45) is 0 Å². The van der Waals surface area contributed by atoms with E-state index in [1.165, 1.54) is 130 Å². The topological polar surface area (TPSA) is 51.6 Å². The van der Waals surface area contributed by atoms with Crippen LogP contribution in [-0.2, 0) is 25.7 Å². The van der Waals surface area contributed by atoms with Crippen LogP contribution in [0.4, 0.5) is 0 Å². The largest absolute Gasteiger partial charge is 0.248 e. The summed E-state index contributed by atoms with van der Waals surface area (Å²) < 4.78 is 0. The molecule has 70 heavy (non-hydrogen) atoms. The number of benzene rings is 8. The first-order valence-corrected chi connectivity index (χ1v) is 25.8. The Morgan fingerprint density at radius 2 is 0.314 bits per heavy atom. The Morgan fingerprint density at radius 3 is 0.486 bits per heavy atom. The van der Waals surface area contributed by atoms with Crippen LogP contribution in [0.1, 0.15) is 86.5 Å². The molecule has 4 aromatic heterocycles. The van der Waals surface area contributed by atoms with E-state index in [2.05, 4.69) is 194 Å². The highest BCUT2D eigenvalue weighted by Gasteiger charge is 2.13. The van der Waals surface area contributed by atoms with Crippen LogP contribution in [0.2, 0.25) is 0 Å². The molecule has 0 fully saturated rings. The number of hydrogen-bond donors (Lipinski definition) is 0. The Balaban J connectivity index is 0.000000152. The second kappa shape index (κ2) is 21.4. The van der Waals surface area contributed by atoms with Crippen molar-refractivity contribution in [1.29, 1.82) is 0 Å². The number of nitrogens with zero attached hydrogens (tertiary/aromatic N) is 4. The molecule has 12 aromatic rings. The molecule has 0 spiro atoms. The summed E-state index contributed by atoms with van der Waals surface area (Å²) >= 11 is 0. The first-order valence-electron chi connectivity index (χ1n) is 25.8. The van der Waals surface area contributed by atoms with E-state index in [4.69, 9.17) is 19.9 Å². The monoisotopic (exact) mass is 908 g/mol. The van der Waals surface area contributed by atoms with Crippen molar-refractivity contribution in [2.75, 3.05) is 0 Å². The molecule has 0 radical (unpaired) electrons. The molecule has 344 valence electrons. The molecule has 0 atom stereocenters. The Labute approximate surface area is 411 Å². The van der Waals surface area contributed by atoms with Crippen molar-refractivity contribution in [3.8, 4) is 0 Å². The fraction of sp³-hybridized carbons (Fsp3) is 0.212. The molecule has 12 rings (SSSR count). The molecule has 8 aromatic carbocycles. The van der Waals surface area contributed by atoms with Gasteiger partial charge >= 0.3 is 0 Å². The van der Waals surface area contributed by atoms with Gasteiger partial charge in [0.05, 0.1) is 44.1 Å². The molecule has 0 saturated heterocycles. The third kappa shape index (κ3) is 9.69. The Hall–Kier alpha value is -7.56. The average molecular weight is 909 g/mol. The van der Waals surface area contributed by atoms with Gasteiger partial charge in [0.2, 0.25) is 0 Å². The number of fused-ring (bicyclic) bond motifs is 8. The quantitative estimate of drug-likeness (QED) is 0.0716. The third-order valence-corrected chi connectivity index (χ3v) is 14.5. The van der Waals surface area contributed by atoms with Gasteiger partial charge in [0.25, 0.3) is 0 Å². The first-order chi connectivity index (χ1) is 34.8. The van der Waals surface area contributed by atoms with E-state index in [1.807, 2.05) is 0 Å². The van der Waals surface area contributed by atoms with Crippen LogP contribution in [-0.4, -0.2) is 19.9 Å². The standard InChI is InChI=1S/2C33H30N2/c2*1(2-4-14-24-26-16-6-10-20-30(26)34-31-21-11-7-17-27(24)31)3-5-15-25-28-18-8-12-22-32(28)35-33-23-13-9-19-29(25)33/h2*6-13,16-23H,1-5,14-15H2. The number of aryl methyl sites for hydroxylation is 4. The number of pyridine rings is 4. The molecule has 4 nitrogen and oxygen atoms in total. The van der Waals surface area contributed by atoms with Crippen LogP contribution in [0.25, 0.3) is 87.2 Å². The van der Waals surface area contributed by atoms with E-state index in [-0.39, 0.29) is 0 Å². The van der Waals surface area contributed by atoms with Gasteiger partial charge in [0.1, 0.15) is 0 Å². The lowest BCUT2D eigenvalue weighted by molar-refractivity contribution is 0.616. The molecule has 0 aliphatic rings. The highest BCUT2D eigenvalue weighted by atomic mass is 14.7. The summed E-state index contributed by atoms with van der Waals surface area (Å²) in [6.07, 6.45) is 17.0. The normalized spacial score (nSPS) is 11.7. The maximum absolute atomic E-state index is 4.87. The smallest absolute Gasteiger partial charge is 0.0712 e. The van der Waals surface area contributed by atoms with E-state index >= 15 is 0 Å². The van der Waals surface area contributed by atoms with Gasteiger partial charge in [-0.25, -0.2) is 19.9 Å². The van der Waals surface area contributed by atoms with E-state index in [0.717, 1.165) is 69.8 Å². The SMILES string of the molecule is c1ccc2c(CCCCCCCc3c4ccccc4nc4ccccc34)c3ccccc3nc2c1.c1ccc2c(CCCCCCCc3c4ccccc4nc4ccccc34)c3ccccc3nc2c1. The number of hydrogen-bond acceptors (Lipinski definition) is 4. The van der Waals surface area contributed by atoms with Crippen molar-refractivity contribution >= 4 is 87.2 Å². The highest BCUT2D eigenvalue weighted by Crippen LogP contribution is 2.32.